The van der Waals surface area contributed by atoms with Gasteiger partial charge in [0.25, 0.3) is 5.89 Å². The summed E-state index contributed by atoms with van der Waals surface area (Å²) >= 11 is 0. The highest BCUT2D eigenvalue weighted by Gasteiger charge is 2.24. The summed E-state index contributed by atoms with van der Waals surface area (Å²) in [6.45, 7) is 7.19. The molecule has 3 rings (SSSR count). The maximum absolute atomic E-state index is 12.9. The van der Waals surface area contributed by atoms with Gasteiger partial charge in [-0.25, -0.2) is 8.42 Å². The van der Waals surface area contributed by atoms with Crippen LogP contribution in [0, 0.1) is 13.8 Å². The molecule has 0 spiro atoms. The Morgan fingerprint density at radius 2 is 1.77 bits per heavy atom. The molecule has 0 radical (unpaired) electrons. The summed E-state index contributed by atoms with van der Waals surface area (Å²) in [6.07, 6.45) is 1.08. The number of hydrogen-bond donors (Lipinski definition) is 1. The molecular weight excluding hydrogens is 416 g/mol. The number of aromatic nitrogens is 2. The van der Waals surface area contributed by atoms with E-state index in [2.05, 4.69) is 15.5 Å². The number of carbonyl (C=O) groups is 1. The number of sulfonamides is 1. The first kappa shape index (κ1) is 22.5. The van der Waals surface area contributed by atoms with Crippen LogP contribution >= 0.6 is 0 Å². The average molecular weight is 443 g/mol. The summed E-state index contributed by atoms with van der Waals surface area (Å²) in [5, 5.41) is 6.82. The molecule has 1 aromatic heterocycles. The van der Waals surface area contributed by atoms with Crippen molar-refractivity contribution in [3.05, 3.63) is 59.4 Å². The number of nitrogens with one attached hydrogen (secondary N) is 1. The van der Waals surface area contributed by atoms with Crippen LogP contribution in [0.4, 0.5) is 11.4 Å². The van der Waals surface area contributed by atoms with Crippen LogP contribution in [0.25, 0.3) is 11.5 Å². The van der Waals surface area contributed by atoms with Crippen molar-refractivity contribution in [2.24, 2.45) is 0 Å². The lowest BCUT2D eigenvalue weighted by atomic mass is 10.1. The summed E-state index contributed by atoms with van der Waals surface area (Å²) in [6, 6.07) is 12.5. The van der Waals surface area contributed by atoms with E-state index in [0.29, 0.717) is 28.7 Å². The van der Waals surface area contributed by atoms with E-state index in [1.165, 1.54) is 0 Å². The fourth-order valence-electron chi connectivity index (χ4n) is 3.12. The quantitative estimate of drug-likeness (QED) is 0.595. The van der Waals surface area contributed by atoms with Gasteiger partial charge in [0.1, 0.15) is 6.54 Å². The summed E-state index contributed by atoms with van der Waals surface area (Å²) in [7, 11) is -3.67. The largest absolute Gasteiger partial charge is 0.334 e. The van der Waals surface area contributed by atoms with Crippen molar-refractivity contribution in [3.8, 4) is 11.5 Å². The number of hydrogen-bond acceptors (Lipinski definition) is 6. The normalized spacial score (nSPS) is 11.5. The molecule has 0 unspecified atom stereocenters. The van der Waals surface area contributed by atoms with E-state index >= 15 is 0 Å². The molecule has 0 saturated carbocycles. The molecule has 0 aliphatic heterocycles. The molecule has 3 aromatic rings. The zero-order chi connectivity index (χ0) is 22.8. The Kier molecular flexibility index (Phi) is 6.45. The van der Waals surface area contributed by atoms with Crippen molar-refractivity contribution < 1.29 is 17.7 Å². The number of aryl methyl sites for hydroxylation is 2. The van der Waals surface area contributed by atoms with Gasteiger partial charge < -0.3 is 9.84 Å². The number of para-hydroxylation sites is 2. The molecule has 0 aliphatic rings. The summed E-state index contributed by atoms with van der Waals surface area (Å²) in [4.78, 5) is 17.3. The van der Waals surface area contributed by atoms with E-state index in [4.69, 9.17) is 4.52 Å². The third-order valence-corrected chi connectivity index (χ3v) is 5.92. The Hall–Kier alpha value is -3.20. The predicted molar refractivity (Wildman–Crippen MR) is 121 cm³/mol. The molecule has 31 heavy (non-hydrogen) atoms. The van der Waals surface area contributed by atoms with Crippen molar-refractivity contribution in [1.82, 2.24) is 10.1 Å². The highest BCUT2D eigenvalue weighted by molar-refractivity contribution is 7.92. The standard InChI is InChI=1S/C22H26N4O4S/c1-14(2)21-24-22(30-25-21)17-11-8-10-16(4)20(17)23-19(27)13-26(31(5,28)29)18-12-7-6-9-15(18)3/h6-12,14H,13H2,1-5H3,(H,23,27). The zero-order valence-electron chi connectivity index (χ0n) is 18.2. The molecule has 8 nitrogen and oxygen atoms in total. The van der Waals surface area contributed by atoms with Gasteiger partial charge in [0.2, 0.25) is 15.9 Å². The number of nitrogens with zero attached hydrogens (tertiary/aromatic N) is 3. The van der Waals surface area contributed by atoms with Gasteiger partial charge in [-0.1, -0.05) is 49.3 Å². The lowest BCUT2D eigenvalue weighted by Gasteiger charge is -2.24. The fourth-order valence-corrected chi connectivity index (χ4v) is 4.04. The SMILES string of the molecule is Cc1ccccc1N(CC(=O)Nc1c(C)cccc1-c1nc(C(C)C)no1)S(C)(=O)=O. The maximum Gasteiger partial charge on any atom is 0.260 e. The average Bonchev–Trinajstić information content (AvgIpc) is 3.18. The van der Waals surface area contributed by atoms with Gasteiger partial charge in [-0.2, -0.15) is 4.98 Å². The van der Waals surface area contributed by atoms with Gasteiger partial charge >= 0.3 is 0 Å². The molecule has 0 fully saturated rings. The Bertz CT molecular complexity index is 1200. The molecular formula is C22H26N4O4S. The van der Waals surface area contributed by atoms with Crippen LogP contribution in [0.5, 0.6) is 0 Å². The van der Waals surface area contributed by atoms with E-state index in [-0.39, 0.29) is 12.5 Å². The van der Waals surface area contributed by atoms with Gasteiger partial charge in [-0.3, -0.25) is 9.10 Å². The number of amides is 1. The van der Waals surface area contributed by atoms with Gasteiger partial charge in [0.15, 0.2) is 5.82 Å². The van der Waals surface area contributed by atoms with Crippen LogP contribution in [0.2, 0.25) is 0 Å². The van der Waals surface area contributed by atoms with Crippen molar-refractivity contribution >= 4 is 27.3 Å². The Labute approximate surface area is 182 Å². The van der Waals surface area contributed by atoms with Gasteiger partial charge in [-0.15, -0.1) is 0 Å². The molecule has 0 atom stereocenters. The highest BCUT2D eigenvalue weighted by atomic mass is 32.2. The molecule has 0 bridgehead atoms. The van der Waals surface area contributed by atoms with Crippen LogP contribution in [-0.4, -0.2) is 37.3 Å². The van der Waals surface area contributed by atoms with Gasteiger partial charge in [-0.05, 0) is 37.1 Å². The van der Waals surface area contributed by atoms with Crippen LogP contribution < -0.4 is 9.62 Å². The Morgan fingerprint density at radius 1 is 1.10 bits per heavy atom. The van der Waals surface area contributed by atoms with Crippen molar-refractivity contribution in [2.45, 2.75) is 33.6 Å². The number of anilines is 2. The van der Waals surface area contributed by atoms with E-state index < -0.39 is 15.9 Å². The zero-order valence-corrected chi connectivity index (χ0v) is 19.0. The first-order chi connectivity index (χ1) is 14.6. The van der Waals surface area contributed by atoms with E-state index in [9.17, 15) is 13.2 Å². The first-order valence-corrected chi connectivity index (χ1v) is 11.7. The molecule has 1 heterocycles. The summed E-state index contributed by atoms with van der Waals surface area (Å²) in [5.74, 6) is 0.476. The predicted octanol–water partition coefficient (Wildman–Crippen LogP) is 3.88. The van der Waals surface area contributed by atoms with Crippen molar-refractivity contribution in [1.29, 1.82) is 0 Å². The van der Waals surface area contributed by atoms with E-state index in [1.54, 1.807) is 31.2 Å². The van der Waals surface area contributed by atoms with Crippen LogP contribution in [0.15, 0.2) is 47.0 Å². The third-order valence-electron chi connectivity index (χ3n) is 4.80. The lowest BCUT2D eigenvalue weighted by molar-refractivity contribution is -0.114. The number of carbonyl (C=O) groups excluding carboxylic acids is 1. The topological polar surface area (TPSA) is 105 Å². The monoisotopic (exact) mass is 442 g/mol. The van der Waals surface area contributed by atoms with Crippen LogP contribution in [0.3, 0.4) is 0 Å². The molecule has 9 heteroatoms. The smallest absolute Gasteiger partial charge is 0.260 e. The molecule has 2 aromatic carbocycles. The maximum atomic E-state index is 12.9. The second kappa shape index (κ2) is 8.89. The minimum Gasteiger partial charge on any atom is -0.334 e. The van der Waals surface area contributed by atoms with Gasteiger partial charge in [0, 0.05) is 5.92 Å². The van der Waals surface area contributed by atoms with Crippen molar-refractivity contribution in [2.75, 3.05) is 22.4 Å². The second-order valence-electron chi connectivity index (χ2n) is 7.71. The molecule has 1 amide bonds. The van der Waals surface area contributed by atoms with Crippen LogP contribution in [0.1, 0.15) is 36.7 Å². The minimum absolute atomic E-state index is 0.0952. The van der Waals surface area contributed by atoms with Gasteiger partial charge in [0.05, 0.1) is 23.2 Å². The Morgan fingerprint density at radius 3 is 2.39 bits per heavy atom. The molecule has 1 N–H and O–H groups in total. The van der Waals surface area contributed by atoms with Crippen LogP contribution in [-0.2, 0) is 14.8 Å². The van der Waals surface area contributed by atoms with E-state index in [1.807, 2.05) is 39.0 Å². The van der Waals surface area contributed by atoms with E-state index in [0.717, 1.165) is 21.7 Å². The Balaban J connectivity index is 1.91. The lowest BCUT2D eigenvalue weighted by Crippen LogP contribution is -2.38. The fraction of sp³-hybridized carbons (Fsp3) is 0.318. The highest BCUT2D eigenvalue weighted by Crippen LogP contribution is 2.31. The minimum atomic E-state index is -3.67. The summed E-state index contributed by atoms with van der Waals surface area (Å²) < 4.78 is 31.3. The number of benzene rings is 2. The molecule has 0 aliphatic carbocycles. The van der Waals surface area contributed by atoms with Crippen molar-refractivity contribution in [3.63, 3.8) is 0 Å². The molecule has 0 saturated heterocycles. The first-order valence-electron chi connectivity index (χ1n) is 9.84. The number of rotatable bonds is 7. The third kappa shape index (κ3) is 5.11. The second-order valence-corrected chi connectivity index (χ2v) is 9.62. The summed E-state index contributed by atoms with van der Waals surface area (Å²) in [5.41, 5.74) is 3.09. The molecule has 164 valence electrons.